The number of nitrogens with two attached hydrogens (primary N) is 1. The molecule has 0 aliphatic rings. The molecule has 6 nitrogen and oxygen atoms in total. The first-order valence-corrected chi connectivity index (χ1v) is 18.8. The van der Waals surface area contributed by atoms with Crippen LogP contribution >= 0.6 is 0 Å². The third-order valence-corrected chi connectivity index (χ3v) is 10.5. The van der Waals surface area contributed by atoms with E-state index in [1.807, 2.05) is 85.1 Å². The number of nitrogens with zero attached hydrogens (tertiary/aromatic N) is 1. The first-order valence-electron chi connectivity index (χ1n) is 18.8. The van der Waals surface area contributed by atoms with Gasteiger partial charge in [0, 0.05) is 55.2 Å². The minimum Gasteiger partial charge on any atom is -0.456 e. The summed E-state index contributed by atoms with van der Waals surface area (Å²) in [5.74, 6) is 0.121. The number of benzene rings is 8. The Balaban J connectivity index is 0.000000391. The second-order valence-electron chi connectivity index (χ2n) is 14.0. The fourth-order valence-corrected chi connectivity index (χ4v) is 7.78. The van der Waals surface area contributed by atoms with Crippen LogP contribution in [0, 0.1) is 5.41 Å². The molecule has 3 N–H and O–H groups in total. The van der Waals surface area contributed by atoms with E-state index in [0.29, 0.717) is 6.54 Å². The molecule has 57 heavy (non-hydrogen) atoms. The highest BCUT2D eigenvalue weighted by Crippen LogP contribution is 2.43. The summed E-state index contributed by atoms with van der Waals surface area (Å²) in [6.07, 6.45) is 1.96. The second kappa shape index (κ2) is 14.2. The standard InChI is InChI=1S/C44H27NO3.C7H8N2/c1-2-9-28(10-3-1)32-21-20-31(43-35-13-5-7-15-38(35)48-44(32)43)29-18-22-39-36(24-29)42-30(11-8-16-40(42)46-39)26-45-25-27-17-19-34-33-12-4-6-14-37(33)47-41(34)23-27;8-7(9)6-4-2-1-3-5-6/h1-24,26H,25H2;1-5H,(H3,8,9). The summed E-state index contributed by atoms with van der Waals surface area (Å²) >= 11 is 0. The number of rotatable bonds is 6. The van der Waals surface area contributed by atoms with Gasteiger partial charge in [-0.05, 0) is 64.7 Å². The highest BCUT2D eigenvalue weighted by atomic mass is 16.3. The number of aliphatic imine (C=N–C) groups is 1. The van der Waals surface area contributed by atoms with Crippen LogP contribution in [0.5, 0.6) is 0 Å². The molecule has 0 unspecified atom stereocenters. The van der Waals surface area contributed by atoms with Crippen LogP contribution in [-0.2, 0) is 6.54 Å². The molecule has 0 fully saturated rings. The van der Waals surface area contributed by atoms with Crippen LogP contribution < -0.4 is 5.73 Å². The average molecular weight is 738 g/mol. The number of nitrogen functional groups attached to an aromatic ring is 1. The highest BCUT2D eigenvalue weighted by molar-refractivity contribution is 6.18. The molecule has 3 heterocycles. The molecule has 272 valence electrons. The lowest BCUT2D eigenvalue weighted by Crippen LogP contribution is -2.10. The van der Waals surface area contributed by atoms with Gasteiger partial charge in [0.1, 0.15) is 39.3 Å². The van der Waals surface area contributed by atoms with Gasteiger partial charge >= 0.3 is 0 Å². The molecule has 0 aliphatic carbocycles. The third kappa shape index (κ3) is 6.19. The van der Waals surface area contributed by atoms with Crippen molar-refractivity contribution in [2.75, 3.05) is 0 Å². The minimum absolute atomic E-state index is 0.121. The van der Waals surface area contributed by atoms with Gasteiger partial charge in [0.15, 0.2) is 0 Å². The van der Waals surface area contributed by atoms with Crippen molar-refractivity contribution in [1.82, 2.24) is 0 Å². The number of nitrogens with one attached hydrogen (secondary N) is 1. The Bertz CT molecular complexity index is 3300. The molecule has 6 heteroatoms. The van der Waals surface area contributed by atoms with E-state index in [2.05, 4.69) is 97.1 Å². The van der Waals surface area contributed by atoms with E-state index in [-0.39, 0.29) is 5.84 Å². The molecule has 3 aromatic heterocycles. The van der Waals surface area contributed by atoms with Crippen LogP contribution in [0.4, 0.5) is 0 Å². The quantitative estimate of drug-likeness (QED) is 0.131. The lowest BCUT2D eigenvalue weighted by molar-refractivity contribution is 0.668. The Hall–Kier alpha value is -7.70. The van der Waals surface area contributed by atoms with E-state index in [9.17, 15) is 0 Å². The van der Waals surface area contributed by atoms with E-state index < -0.39 is 0 Å². The molecule has 11 rings (SSSR count). The van der Waals surface area contributed by atoms with Crippen molar-refractivity contribution in [3.63, 3.8) is 0 Å². The maximum Gasteiger partial charge on any atom is 0.143 e. The van der Waals surface area contributed by atoms with Crippen LogP contribution in [0.1, 0.15) is 16.7 Å². The Morgan fingerprint density at radius 1 is 0.491 bits per heavy atom. The van der Waals surface area contributed by atoms with Crippen molar-refractivity contribution < 1.29 is 13.3 Å². The molecule has 8 aromatic carbocycles. The van der Waals surface area contributed by atoms with Crippen molar-refractivity contribution in [3.8, 4) is 22.3 Å². The molecule has 0 saturated heterocycles. The van der Waals surface area contributed by atoms with Crippen LogP contribution in [0.15, 0.2) is 194 Å². The zero-order chi connectivity index (χ0) is 38.3. The number of para-hydroxylation sites is 2. The van der Waals surface area contributed by atoms with Gasteiger partial charge in [0.2, 0.25) is 0 Å². The van der Waals surface area contributed by atoms with Gasteiger partial charge < -0.3 is 19.0 Å². The molecular formula is C51H35N3O3. The second-order valence-corrected chi connectivity index (χ2v) is 14.0. The summed E-state index contributed by atoms with van der Waals surface area (Å²) in [4.78, 5) is 4.88. The predicted octanol–water partition coefficient (Wildman–Crippen LogP) is 13.3. The maximum atomic E-state index is 7.01. The zero-order valence-electron chi connectivity index (χ0n) is 30.8. The molecule has 0 saturated carbocycles. The number of fused-ring (bicyclic) bond motifs is 9. The Labute approximate surface area is 327 Å². The first kappa shape index (κ1) is 33.8. The summed E-state index contributed by atoms with van der Waals surface area (Å²) in [6.45, 7) is 0.545. The van der Waals surface area contributed by atoms with E-state index in [1.165, 1.54) is 0 Å². The predicted molar refractivity (Wildman–Crippen MR) is 234 cm³/mol. The molecule has 0 radical (unpaired) electrons. The molecule has 0 spiro atoms. The van der Waals surface area contributed by atoms with Gasteiger partial charge in [-0.3, -0.25) is 10.4 Å². The van der Waals surface area contributed by atoms with Gasteiger partial charge in [-0.2, -0.15) is 0 Å². The summed E-state index contributed by atoms with van der Waals surface area (Å²) < 4.78 is 19.0. The Kier molecular flexibility index (Phi) is 8.42. The summed E-state index contributed by atoms with van der Waals surface area (Å²) in [6, 6.07) is 59.5. The molecule has 0 bridgehead atoms. The van der Waals surface area contributed by atoms with E-state index in [1.54, 1.807) is 0 Å². The van der Waals surface area contributed by atoms with Gasteiger partial charge in [0.05, 0.1) is 6.54 Å². The van der Waals surface area contributed by atoms with Crippen LogP contribution in [0.25, 0.3) is 88.1 Å². The van der Waals surface area contributed by atoms with Crippen molar-refractivity contribution in [2.24, 2.45) is 10.7 Å². The summed E-state index contributed by atoms with van der Waals surface area (Å²) in [5.41, 5.74) is 17.8. The smallest absolute Gasteiger partial charge is 0.143 e. The number of hydrogen-bond donors (Lipinski definition) is 2. The Morgan fingerprint density at radius 3 is 1.93 bits per heavy atom. The van der Waals surface area contributed by atoms with E-state index in [0.717, 1.165) is 105 Å². The lowest BCUT2D eigenvalue weighted by Gasteiger charge is -2.09. The number of amidine groups is 1. The largest absolute Gasteiger partial charge is 0.456 e. The molecule has 0 aliphatic heterocycles. The van der Waals surface area contributed by atoms with Gasteiger partial charge in [-0.25, -0.2) is 0 Å². The van der Waals surface area contributed by atoms with Gasteiger partial charge in [-0.15, -0.1) is 0 Å². The fourth-order valence-electron chi connectivity index (χ4n) is 7.78. The molecule has 11 aromatic rings. The van der Waals surface area contributed by atoms with Crippen LogP contribution in [-0.4, -0.2) is 12.1 Å². The maximum absolute atomic E-state index is 7.01. The number of hydrogen-bond acceptors (Lipinski definition) is 5. The van der Waals surface area contributed by atoms with Crippen LogP contribution in [0.3, 0.4) is 0 Å². The van der Waals surface area contributed by atoms with Gasteiger partial charge in [-0.1, -0.05) is 133 Å². The third-order valence-electron chi connectivity index (χ3n) is 10.5. The van der Waals surface area contributed by atoms with Crippen molar-refractivity contribution in [3.05, 3.63) is 193 Å². The molecule has 0 atom stereocenters. The fraction of sp³-hybridized carbons (Fsp3) is 0.0196. The SMILES string of the molecule is C(=NCc1ccc2c(c1)oc1ccccc12)c1cccc2oc3ccc(-c4ccc(-c5ccccc5)c5oc6ccccc6c45)cc3c12.N=C(N)c1ccccc1. The molecule has 0 amide bonds. The Morgan fingerprint density at radius 2 is 1.14 bits per heavy atom. The topological polar surface area (TPSA) is 102 Å². The zero-order valence-corrected chi connectivity index (χ0v) is 30.8. The average Bonchev–Trinajstić information content (AvgIpc) is 3.96. The lowest BCUT2D eigenvalue weighted by atomic mass is 9.94. The molecular weight excluding hydrogens is 703 g/mol. The highest BCUT2D eigenvalue weighted by Gasteiger charge is 2.19. The normalized spacial score (nSPS) is 11.6. The summed E-state index contributed by atoms with van der Waals surface area (Å²) in [5, 5.41) is 13.6. The minimum atomic E-state index is 0.121. The van der Waals surface area contributed by atoms with E-state index >= 15 is 0 Å². The van der Waals surface area contributed by atoms with E-state index in [4.69, 9.17) is 29.4 Å². The number of furan rings is 3. The van der Waals surface area contributed by atoms with Gasteiger partial charge in [0.25, 0.3) is 0 Å². The van der Waals surface area contributed by atoms with Crippen LogP contribution in [0.2, 0.25) is 0 Å². The van der Waals surface area contributed by atoms with Crippen molar-refractivity contribution >= 4 is 77.9 Å². The van der Waals surface area contributed by atoms with Crippen molar-refractivity contribution in [2.45, 2.75) is 6.54 Å². The summed E-state index contributed by atoms with van der Waals surface area (Å²) in [7, 11) is 0. The monoisotopic (exact) mass is 737 g/mol. The van der Waals surface area contributed by atoms with Crippen molar-refractivity contribution in [1.29, 1.82) is 5.41 Å². The first-order chi connectivity index (χ1) is 28.1.